The quantitative estimate of drug-likeness (QED) is 0.408. The van der Waals surface area contributed by atoms with Gasteiger partial charge < -0.3 is 4.74 Å². The van der Waals surface area contributed by atoms with E-state index in [9.17, 15) is 9.59 Å². The molecule has 0 amide bonds. The third-order valence-electron chi connectivity index (χ3n) is 4.70. The Morgan fingerprint density at radius 2 is 1.52 bits per heavy atom. The Hall–Kier alpha value is -2.42. The molecule has 0 atom stereocenters. The summed E-state index contributed by atoms with van der Waals surface area (Å²) in [6, 6.07) is 12.7. The van der Waals surface area contributed by atoms with Crippen LogP contribution in [-0.2, 0) is 4.74 Å². The highest BCUT2D eigenvalue weighted by molar-refractivity contribution is 6.24. The second-order valence-electron chi connectivity index (χ2n) is 6.51. The van der Waals surface area contributed by atoms with Crippen molar-refractivity contribution in [1.82, 2.24) is 0 Å². The first kappa shape index (κ1) is 17.4. The predicted octanol–water partition coefficient (Wildman–Crippen LogP) is 5.42. The van der Waals surface area contributed by atoms with Gasteiger partial charge in [0.1, 0.15) is 0 Å². The molecule has 2 aromatic carbocycles. The van der Waals surface area contributed by atoms with Gasteiger partial charge in [-0.05, 0) is 18.1 Å². The van der Waals surface area contributed by atoms with Crippen molar-refractivity contribution in [2.45, 2.75) is 45.4 Å². The molecule has 0 bridgehead atoms. The molecule has 0 radical (unpaired) electrons. The predicted molar refractivity (Wildman–Crippen MR) is 99.0 cm³/mol. The first-order chi connectivity index (χ1) is 12.2. The molecule has 0 heterocycles. The van der Waals surface area contributed by atoms with E-state index in [1.165, 1.54) is 25.7 Å². The topological polar surface area (TPSA) is 43.4 Å². The molecule has 3 rings (SSSR count). The molecular weight excluding hydrogens is 312 g/mol. The highest BCUT2D eigenvalue weighted by Crippen LogP contribution is 2.38. The van der Waals surface area contributed by atoms with Crippen LogP contribution in [0.5, 0.6) is 0 Å². The number of rotatable bonds is 8. The van der Waals surface area contributed by atoms with Crippen LogP contribution >= 0.6 is 0 Å². The SMILES string of the molecule is CCCCCCCCOC(=O)c1cccc2c1-c1ccccc1C2=O. The van der Waals surface area contributed by atoms with Crippen molar-refractivity contribution >= 4 is 11.8 Å². The zero-order chi connectivity index (χ0) is 17.6. The van der Waals surface area contributed by atoms with Gasteiger partial charge in [-0.25, -0.2) is 4.79 Å². The van der Waals surface area contributed by atoms with E-state index in [2.05, 4.69) is 6.92 Å². The number of ether oxygens (including phenoxy) is 1. The molecule has 0 saturated heterocycles. The van der Waals surface area contributed by atoms with Crippen LogP contribution in [0.15, 0.2) is 42.5 Å². The fraction of sp³-hybridized carbons (Fsp3) is 0.364. The standard InChI is InChI=1S/C22H24O3/c1-2-3-4-5-6-9-15-25-22(24)19-14-10-13-18-20(19)16-11-7-8-12-17(16)21(18)23/h7-8,10-14H,2-6,9,15H2,1H3. The summed E-state index contributed by atoms with van der Waals surface area (Å²) in [4.78, 5) is 25.0. The lowest BCUT2D eigenvalue weighted by molar-refractivity contribution is 0.0498. The van der Waals surface area contributed by atoms with Crippen molar-refractivity contribution in [3.8, 4) is 11.1 Å². The van der Waals surface area contributed by atoms with E-state index < -0.39 is 0 Å². The number of unbranched alkanes of at least 4 members (excludes halogenated alkanes) is 5. The van der Waals surface area contributed by atoms with Gasteiger partial charge >= 0.3 is 5.97 Å². The lowest BCUT2D eigenvalue weighted by Gasteiger charge is -2.09. The summed E-state index contributed by atoms with van der Waals surface area (Å²) in [6.45, 7) is 2.63. The summed E-state index contributed by atoms with van der Waals surface area (Å²) in [7, 11) is 0. The highest BCUT2D eigenvalue weighted by atomic mass is 16.5. The lowest BCUT2D eigenvalue weighted by Crippen LogP contribution is -2.08. The van der Waals surface area contributed by atoms with Crippen molar-refractivity contribution in [2.75, 3.05) is 6.61 Å². The molecule has 0 fully saturated rings. The number of ketones is 1. The van der Waals surface area contributed by atoms with Crippen LogP contribution in [0.3, 0.4) is 0 Å². The first-order valence-corrected chi connectivity index (χ1v) is 9.18. The third kappa shape index (κ3) is 3.65. The molecule has 0 saturated carbocycles. The minimum atomic E-state index is -0.338. The number of carbonyl (C=O) groups is 2. The summed E-state index contributed by atoms with van der Waals surface area (Å²) in [5.41, 5.74) is 3.29. The van der Waals surface area contributed by atoms with E-state index in [-0.39, 0.29) is 11.8 Å². The van der Waals surface area contributed by atoms with E-state index in [1.807, 2.05) is 24.3 Å². The average molecular weight is 336 g/mol. The van der Waals surface area contributed by atoms with E-state index in [0.717, 1.165) is 24.0 Å². The average Bonchev–Trinajstić information content (AvgIpc) is 2.94. The molecule has 0 aliphatic heterocycles. The second kappa shape index (κ2) is 8.11. The molecular formula is C22H24O3. The van der Waals surface area contributed by atoms with Crippen LogP contribution in [0, 0.1) is 0 Å². The van der Waals surface area contributed by atoms with E-state index in [1.54, 1.807) is 18.2 Å². The minimum Gasteiger partial charge on any atom is -0.462 e. The molecule has 0 unspecified atom stereocenters. The minimum absolute atomic E-state index is 0.0174. The third-order valence-corrected chi connectivity index (χ3v) is 4.70. The number of benzene rings is 2. The van der Waals surface area contributed by atoms with Crippen LogP contribution in [0.4, 0.5) is 0 Å². The Morgan fingerprint density at radius 3 is 2.32 bits per heavy atom. The maximum atomic E-state index is 12.5. The summed E-state index contributed by atoms with van der Waals surface area (Å²) in [5, 5.41) is 0. The Bertz CT molecular complexity index is 777. The number of fused-ring (bicyclic) bond motifs is 3. The molecule has 2 aromatic rings. The van der Waals surface area contributed by atoms with Crippen LogP contribution < -0.4 is 0 Å². The largest absolute Gasteiger partial charge is 0.462 e. The summed E-state index contributed by atoms with van der Waals surface area (Å²) >= 11 is 0. The molecule has 3 heteroatoms. The van der Waals surface area contributed by atoms with Gasteiger partial charge in [0.05, 0.1) is 12.2 Å². The Balaban J connectivity index is 1.67. The molecule has 3 nitrogen and oxygen atoms in total. The summed E-state index contributed by atoms with van der Waals surface area (Å²) in [5.74, 6) is -0.355. The molecule has 25 heavy (non-hydrogen) atoms. The van der Waals surface area contributed by atoms with Crippen molar-refractivity contribution < 1.29 is 14.3 Å². The zero-order valence-corrected chi connectivity index (χ0v) is 14.7. The first-order valence-electron chi connectivity index (χ1n) is 9.18. The van der Waals surface area contributed by atoms with Crippen LogP contribution in [0.25, 0.3) is 11.1 Å². The number of carbonyl (C=O) groups excluding carboxylic acids is 2. The van der Waals surface area contributed by atoms with Crippen molar-refractivity contribution in [3.05, 3.63) is 59.2 Å². The number of esters is 1. The van der Waals surface area contributed by atoms with Crippen molar-refractivity contribution in [3.63, 3.8) is 0 Å². The Labute approximate surface area is 149 Å². The fourth-order valence-electron chi connectivity index (χ4n) is 3.37. The second-order valence-corrected chi connectivity index (χ2v) is 6.51. The van der Waals surface area contributed by atoms with Gasteiger partial charge in [0.15, 0.2) is 5.78 Å². The summed E-state index contributed by atoms with van der Waals surface area (Å²) < 4.78 is 5.46. The van der Waals surface area contributed by atoms with Gasteiger partial charge in [0.25, 0.3) is 0 Å². The maximum Gasteiger partial charge on any atom is 0.338 e. The van der Waals surface area contributed by atoms with Gasteiger partial charge in [-0.3, -0.25) is 4.79 Å². The normalized spacial score (nSPS) is 12.0. The van der Waals surface area contributed by atoms with E-state index in [4.69, 9.17) is 4.74 Å². The van der Waals surface area contributed by atoms with Gasteiger partial charge in [0, 0.05) is 16.7 Å². The molecule has 0 N–H and O–H groups in total. The Morgan fingerprint density at radius 1 is 0.840 bits per heavy atom. The Kier molecular flexibility index (Phi) is 5.64. The maximum absolute atomic E-state index is 12.5. The molecule has 0 aromatic heterocycles. The van der Waals surface area contributed by atoms with E-state index in [0.29, 0.717) is 23.3 Å². The van der Waals surface area contributed by atoms with Gasteiger partial charge in [-0.15, -0.1) is 0 Å². The zero-order valence-electron chi connectivity index (χ0n) is 14.7. The van der Waals surface area contributed by atoms with E-state index >= 15 is 0 Å². The fourth-order valence-corrected chi connectivity index (χ4v) is 3.37. The smallest absolute Gasteiger partial charge is 0.338 e. The molecule has 130 valence electrons. The summed E-state index contributed by atoms with van der Waals surface area (Å²) in [6.07, 6.45) is 6.91. The monoisotopic (exact) mass is 336 g/mol. The van der Waals surface area contributed by atoms with Gasteiger partial charge in [0.2, 0.25) is 0 Å². The van der Waals surface area contributed by atoms with Gasteiger partial charge in [-0.2, -0.15) is 0 Å². The van der Waals surface area contributed by atoms with Crippen molar-refractivity contribution in [2.24, 2.45) is 0 Å². The van der Waals surface area contributed by atoms with Crippen LogP contribution in [0.1, 0.15) is 71.7 Å². The highest BCUT2D eigenvalue weighted by Gasteiger charge is 2.30. The molecule has 1 aliphatic carbocycles. The molecule has 1 aliphatic rings. The molecule has 0 spiro atoms. The lowest BCUT2D eigenvalue weighted by atomic mass is 9.99. The van der Waals surface area contributed by atoms with Crippen LogP contribution in [-0.4, -0.2) is 18.4 Å². The number of hydrogen-bond acceptors (Lipinski definition) is 3. The van der Waals surface area contributed by atoms with Crippen LogP contribution in [0.2, 0.25) is 0 Å². The van der Waals surface area contributed by atoms with Crippen molar-refractivity contribution in [1.29, 1.82) is 0 Å². The van der Waals surface area contributed by atoms with Gasteiger partial charge in [-0.1, -0.05) is 75.4 Å². The number of hydrogen-bond donors (Lipinski definition) is 0.